The van der Waals surface area contributed by atoms with Crippen LogP contribution < -0.4 is 9.64 Å². The Morgan fingerprint density at radius 3 is 2.36 bits per heavy atom. The molecule has 2 nitrogen and oxygen atoms in total. The Hall–Kier alpha value is -1.80. The van der Waals surface area contributed by atoms with Gasteiger partial charge in [0.1, 0.15) is 5.75 Å². The van der Waals surface area contributed by atoms with Gasteiger partial charge in [-0.05, 0) is 24.5 Å². The smallest absolute Gasteiger partial charge is 0.127 e. The summed E-state index contributed by atoms with van der Waals surface area (Å²) in [5, 5.41) is 0. The molecule has 3 rings (SSSR count). The van der Waals surface area contributed by atoms with Crippen molar-refractivity contribution in [2.45, 2.75) is 25.7 Å². The van der Waals surface area contributed by atoms with E-state index in [-0.39, 0.29) is 0 Å². The average Bonchev–Trinajstić information content (AvgIpc) is 3.09. The molecular weight excluding hydrogens is 270 g/mol. The van der Waals surface area contributed by atoms with Crippen molar-refractivity contribution in [3.8, 4) is 16.9 Å². The first-order chi connectivity index (χ1) is 10.9. The van der Waals surface area contributed by atoms with Crippen LogP contribution in [-0.4, -0.2) is 26.2 Å². The van der Waals surface area contributed by atoms with Crippen LogP contribution in [0.5, 0.6) is 5.75 Å². The van der Waals surface area contributed by atoms with Gasteiger partial charge >= 0.3 is 0 Å². The highest BCUT2D eigenvalue weighted by Gasteiger charge is 2.14. The van der Waals surface area contributed by atoms with E-state index in [2.05, 4.69) is 48.5 Å². The highest BCUT2D eigenvalue weighted by molar-refractivity contribution is 5.70. The number of quaternary nitrogens is 1. The lowest BCUT2D eigenvalue weighted by Crippen LogP contribution is -3.09. The first-order valence-electron chi connectivity index (χ1n) is 8.54. The number of hydrogen-bond acceptors (Lipinski definition) is 1. The second kappa shape index (κ2) is 8.00. The molecule has 1 fully saturated rings. The minimum absolute atomic E-state index is 0.817. The SMILES string of the molecule is c1ccc(-c2ccccc2OCCCC[NH+]2CCCC2)cc1. The van der Waals surface area contributed by atoms with E-state index in [0.29, 0.717) is 0 Å². The van der Waals surface area contributed by atoms with Crippen LogP contribution in [0.15, 0.2) is 54.6 Å². The minimum atomic E-state index is 0.817. The molecular formula is C20H26NO+. The van der Waals surface area contributed by atoms with Crippen LogP contribution in [0.25, 0.3) is 11.1 Å². The summed E-state index contributed by atoms with van der Waals surface area (Å²) < 4.78 is 6.05. The van der Waals surface area contributed by atoms with Crippen molar-refractivity contribution in [3.63, 3.8) is 0 Å². The number of nitrogens with one attached hydrogen (secondary N) is 1. The van der Waals surface area contributed by atoms with Gasteiger partial charge in [0.05, 0.1) is 26.2 Å². The van der Waals surface area contributed by atoms with Crippen molar-refractivity contribution in [1.82, 2.24) is 0 Å². The lowest BCUT2D eigenvalue weighted by molar-refractivity contribution is -0.887. The Balaban J connectivity index is 1.50. The summed E-state index contributed by atoms with van der Waals surface area (Å²) in [5.74, 6) is 1.00. The third-order valence-corrected chi connectivity index (χ3v) is 4.46. The van der Waals surface area contributed by atoms with Crippen LogP contribution in [-0.2, 0) is 0 Å². The van der Waals surface area contributed by atoms with Gasteiger partial charge in [-0.25, -0.2) is 0 Å². The van der Waals surface area contributed by atoms with Crippen LogP contribution >= 0.6 is 0 Å². The summed E-state index contributed by atoms with van der Waals surface area (Å²) in [6, 6.07) is 18.8. The molecule has 0 aliphatic carbocycles. The number of unbranched alkanes of at least 4 members (excludes halogenated alkanes) is 1. The zero-order valence-electron chi connectivity index (χ0n) is 13.3. The molecule has 2 aromatic rings. The van der Waals surface area contributed by atoms with E-state index in [9.17, 15) is 0 Å². The van der Waals surface area contributed by atoms with Crippen LogP contribution in [0.2, 0.25) is 0 Å². The molecule has 0 amide bonds. The molecule has 0 unspecified atom stereocenters. The Kier molecular flexibility index (Phi) is 5.49. The molecule has 22 heavy (non-hydrogen) atoms. The Morgan fingerprint density at radius 1 is 0.818 bits per heavy atom. The van der Waals surface area contributed by atoms with E-state index < -0.39 is 0 Å². The molecule has 1 saturated heterocycles. The normalized spacial score (nSPS) is 15.1. The second-order valence-corrected chi connectivity index (χ2v) is 6.12. The fourth-order valence-electron chi connectivity index (χ4n) is 3.23. The van der Waals surface area contributed by atoms with Crippen molar-refractivity contribution in [1.29, 1.82) is 0 Å². The summed E-state index contributed by atoms with van der Waals surface area (Å²) >= 11 is 0. The Bertz CT molecular complexity index is 561. The van der Waals surface area contributed by atoms with Crippen molar-refractivity contribution in [2.75, 3.05) is 26.2 Å². The van der Waals surface area contributed by atoms with E-state index >= 15 is 0 Å². The predicted octanol–water partition coefficient (Wildman–Crippen LogP) is 3.19. The molecule has 1 heterocycles. The summed E-state index contributed by atoms with van der Waals surface area (Å²) in [6.45, 7) is 4.87. The van der Waals surface area contributed by atoms with Crippen LogP contribution in [0.1, 0.15) is 25.7 Å². The fourth-order valence-corrected chi connectivity index (χ4v) is 3.23. The van der Waals surface area contributed by atoms with E-state index in [1.807, 2.05) is 6.07 Å². The van der Waals surface area contributed by atoms with Gasteiger partial charge in [0, 0.05) is 18.4 Å². The first-order valence-corrected chi connectivity index (χ1v) is 8.54. The number of likely N-dealkylation sites (tertiary alicyclic amines) is 1. The van der Waals surface area contributed by atoms with Gasteiger partial charge in [-0.1, -0.05) is 48.5 Å². The molecule has 0 radical (unpaired) electrons. The zero-order valence-corrected chi connectivity index (χ0v) is 13.3. The molecule has 0 saturated carbocycles. The number of para-hydroxylation sites is 1. The van der Waals surface area contributed by atoms with Gasteiger partial charge < -0.3 is 9.64 Å². The average molecular weight is 296 g/mol. The number of ether oxygens (including phenoxy) is 1. The van der Waals surface area contributed by atoms with Gasteiger partial charge in [-0.15, -0.1) is 0 Å². The molecule has 0 aromatic heterocycles. The van der Waals surface area contributed by atoms with Crippen molar-refractivity contribution < 1.29 is 9.64 Å². The number of hydrogen-bond donors (Lipinski definition) is 1. The van der Waals surface area contributed by atoms with Gasteiger partial charge in [0.25, 0.3) is 0 Å². The molecule has 116 valence electrons. The summed E-state index contributed by atoms with van der Waals surface area (Å²) in [4.78, 5) is 1.78. The van der Waals surface area contributed by atoms with E-state index in [1.165, 1.54) is 50.0 Å². The molecule has 2 heteroatoms. The van der Waals surface area contributed by atoms with E-state index in [0.717, 1.165) is 18.8 Å². The summed E-state index contributed by atoms with van der Waals surface area (Å²) in [5.41, 5.74) is 2.41. The molecule has 0 spiro atoms. The topological polar surface area (TPSA) is 13.7 Å². The molecule has 1 aliphatic rings. The lowest BCUT2D eigenvalue weighted by Gasteiger charge is -2.13. The highest BCUT2D eigenvalue weighted by atomic mass is 16.5. The first kappa shape index (κ1) is 15.1. The van der Waals surface area contributed by atoms with E-state index in [4.69, 9.17) is 4.74 Å². The van der Waals surface area contributed by atoms with Crippen LogP contribution in [0, 0.1) is 0 Å². The third kappa shape index (κ3) is 4.11. The maximum atomic E-state index is 6.05. The van der Waals surface area contributed by atoms with Crippen molar-refractivity contribution >= 4 is 0 Å². The Labute approximate surface area is 133 Å². The second-order valence-electron chi connectivity index (χ2n) is 6.12. The van der Waals surface area contributed by atoms with Crippen molar-refractivity contribution in [2.24, 2.45) is 0 Å². The predicted molar refractivity (Wildman–Crippen MR) is 91.4 cm³/mol. The maximum Gasteiger partial charge on any atom is 0.127 e. The monoisotopic (exact) mass is 296 g/mol. The van der Waals surface area contributed by atoms with Crippen LogP contribution in [0.4, 0.5) is 0 Å². The largest absolute Gasteiger partial charge is 0.493 e. The summed E-state index contributed by atoms with van der Waals surface area (Å²) in [7, 11) is 0. The molecule has 0 atom stereocenters. The standard InChI is InChI=1S/C20H25NO/c1-2-10-18(11-3-1)19-12-4-5-13-20(19)22-17-9-8-16-21-14-6-7-15-21/h1-5,10-13H,6-9,14-17H2/p+1. The molecule has 1 aliphatic heterocycles. The van der Waals surface area contributed by atoms with Crippen molar-refractivity contribution in [3.05, 3.63) is 54.6 Å². The number of rotatable bonds is 7. The fraction of sp³-hybridized carbons (Fsp3) is 0.400. The van der Waals surface area contributed by atoms with Gasteiger partial charge in [-0.3, -0.25) is 0 Å². The van der Waals surface area contributed by atoms with Gasteiger partial charge in [0.2, 0.25) is 0 Å². The van der Waals surface area contributed by atoms with Gasteiger partial charge in [0.15, 0.2) is 0 Å². The zero-order chi connectivity index (χ0) is 15.0. The Morgan fingerprint density at radius 2 is 1.55 bits per heavy atom. The van der Waals surface area contributed by atoms with E-state index in [1.54, 1.807) is 4.90 Å². The summed E-state index contributed by atoms with van der Waals surface area (Å²) in [6.07, 6.45) is 5.24. The maximum absolute atomic E-state index is 6.05. The van der Waals surface area contributed by atoms with Crippen LogP contribution in [0.3, 0.4) is 0 Å². The number of benzene rings is 2. The molecule has 2 aromatic carbocycles. The quantitative estimate of drug-likeness (QED) is 0.775. The molecule has 1 N–H and O–H groups in total. The van der Waals surface area contributed by atoms with Gasteiger partial charge in [-0.2, -0.15) is 0 Å². The molecule has 0 bridgehead atoms. The highest BCUT2D eigenvalue weighted by Crippen LogP contribution is 2.29. The third-order valence-electron chi connectivity index (χ3n) is 4.46. The lowest BCUT2D eigenvalue weighted by atomic mass is 10.1. The minimum Gasteiger partial charge on any atom is -0.493 e.